The predicted octanol–water partition coefficient (Wildman–Crippen LogP) is 4.56. The first-order chi connectivity index (χ1) is 13.8. The van der Waals surface area contributed by atoms with Crippen molar-refractivity contribution < 1.29 is 24.2 Å². The van der Waals surface area contributed by atoms with Gasteiger partial charge in [0, 0.05) is 28.6 Å². The van der Waals surface area contributed by atoms with Gasteiger partial charge >= 0.3 is 5.97 Å². The number of hydrogen-bond donors (Lipinski definition) is 2. The fourth-order valence-corrected chi connectivity index (χ4v) is 3.04. The molecule has 6 heteroatoms. The van der Waals surface area contributed by atoms with Crippen molar-refractivity contribution in [3.8, 4) is 28.2 Å². The zero-order valence-electron chi connectivity index (χ0n) is 15.8. The number of Topliss-reactive ketones (excluding diaryl/α,β-unsaturated/α-hetero) is 1. The van der Waals surface area contributed by atoms with Gasteiger partial charge in [-0.25, -0.2) is 4.79 Å². The Morgan fingerprint density at radius 1 is 0.897 bits per heavy atom. The number of ketones is 1. The number of fused-ring (bicyclic) bond motifs is 2. The summed E-state index contributed by atoms with van der Waals surface area (Å²) in [6.07, 6.45) is 0. The van der Waals surface area contributed by atoms with E-state index in [-0.39, 0.29) is 22.5 Å². The SMILES string of the molecule is CC(C)=O.O=C(O)c1ccccc1-c1c2ccc(=O)cc-2oc2cc(O)ccc12. The van der Waals surface area contributed by atoms with Crippen LogP contribution >= 0.6 is 0 Å². The van der Waals surface area contributed by atoms with E-state index in [4.69, 9.17) is 4.42 Å². The smallest absolute Gasteiger partial charge is 0.336 e. The molecule has 0 fully saturated rings. The number of rotatable bonds is 2. The summed E-state index contributed by atoms with van der Waals surface area (Å²) in [5.74, 6) is -0.524. The molecule has 0 atom stereocenters. The molecule has 4 rings (SSSR count). The van der Waals surface area contributed by atoms with Crippen molar-refractivity contribution in [2.75, 3.05) is 0 Å². The minimum absolute atomic E-state index is 0.0198. The summed E-state index contributed by atoms with van der Waals surface area (Å²) in [6, 6.07) is 15.7. The topological polar surface area (TPSA) is 105 Å². The maximum absolute atomic E-state index is 11.7. The fourth-order valence-electron chi connectivity index (χ4n) is 3.04. The quantitative estimate of drug-likeness (QED) is 0.486. The van der Waals surface area contributed by atoms with Crippen LogP contribution in [0.25, 0.3) is 33.4 Å². The Labute approximate surface area is 166 Å². The Bertz CT molecular complexity index is 1250. The third kappa shape index (κ3) is 4.16. The van der Waals surface area contributed by atoms with Crippen LogP contribution in [0.1, 0.15) is 24.2 Å². The van der Waals surface area contributed by atoms with Gasteiger partial charge in [-0.2, -0.15) is 0 Å². The normalized spacial score (nSPS) is 10.4. The average molecular weight is 390 g/mol. The summed E-state index contributed by atoms with van der Waals surface area (Å²) in [5.41, 5.74) is 2.10. The van der Waals surface area contributed by atoms with E-state index in [0.29, 0.717) is 33.4 Å². The molecule has 1 aliphatic heterocycles. The molecule has 2 aliphatic rings. The number of carboxylic acid groups (broad SMARTS) is 1. The van der Waals surface area contributed by atoms with Crippen LogP contribution in [0.3, 0.4) is 0 Å². The van der Waals surface area contributed by atoms with Crippen LogP contribution in [0.2, 0.25) is 0 Å². The molecule has 0 spiro atoms. The second-order valence-corrected chi connectivity index (χ2v) is 6.57. The van der Waals surface area contributed by atoms with Crippen molar-refractivity contribution in [2.24, 2.45) is 0 Å². The second kappa shape index (κ2) is 7.98. The third-order valence-corrected chi connectivity index (χ3v) is 4.10. The average Bonchev–Trinajstić information content (AvgIpc) is 2.65. The lowest BCUT2D eigenvalue weighted by Gasteiger charge is -2.16. The van der Waals surface area contributed by atoms with Crippen LogP contribution in [0.5, 0.6) is 5.75 Å². The van der Waals surface area contributed by atoms with Gasteiger partial charge in [0.1, 0.15) is 22.9 Å². The minimum Gasteiger partial charge on any atom is -0.508 e. The van der Waals surface area contributed by atoms with Gasteiger partial charge < -0.3 is 19.4 Å². The molecular weight excluding hydrogens is 372 g/mol. The number of hydrogen-bond acceptors (Lipinski definition) is 5. The first-order valence-electron chi connectivity index (χ1n) is 8.77. The van der Waals surface area contributed by atoms with E-state index in [1.165, 1.54) is 44.2 Å². The maximum Gasteiger partial charge on any atom is 0.336 e. The number of carbonyl (C=O) groups excluding carboxylic acids is 1. The van der Waals surface area contributed by atoms with E-state index in [2.05, 4.69) is 0 Å². The largest absolute Gasteiger partial charge is 0.508 e. The van der Waals surface area contributed by atoms with Gasteiger partial charge in [-0.1, -0.05) is 18.2 Å². The molecule has 0 saturated heterocycles. The number of aromatic hydroxyl groups is 1. The highest BCUT2D eigenvalue weighted by Gasteiger charge is 2.21. The molecule has 6 nitrogen and oxygen atoms in total. The number of carbonyl (C=O) groups is 2. The van der Waals surface area contributed by atoms with Crippen LogP contribution in [-0.2, 0) is 4.79 Å². The molecule has 0 unspecified atom stereocenters. The van der Waals surface area contributed by atoms with Gasteiger partial charge in [0.15, 0.2) is 5.43 Å². The van der Waals surface area contributed by atoms with Gasteiger partial charge in [0.05, 0.1) is 5.56 Å². The summed E-state index contributed by atoms with van der Waals surface area (Å²) in [4.78, 5) is 32.8. The fraction of sp³-hybridized carbons (Fsp3) is 0.0870. The van der Waals surface area contributed by atoms with Crippen molar-refractivity contribution >= 4 is 22.7 Å². The number of phenols is 1. The lowest BCUT2D eigenvalue weighted by atomic mass is 9.91. The van der Waals surface area contributed by atoms with Crippen molar-refractivity contribution in [1.82, 2.24) is 0 Å². The molecule has 1 heterocycles. The maximum atomic E-state index is 11.7. The highest BCUT2D eigenvalue weighted by Crippen LogP contribution is 2.41. The Morgan fingerprint density at radius 2 is 1.59 bits per heavy atom. The van der Waals surface area contributed by atoms with Crippen molar-refractivity contribution in [3.63, 3.8) is 0 Å². The summed E-state index contributed by atoms with van der Waals surface area (Å²) in [7, 11) is 0. The van der Waals surface area contributed by atoms with Gasteiger partial charge in [-0.05, 0) is 49.7 Å². The van der Waals surface area contributed by atoms with E-state index in [1.807, 2.05) is 0 Å². The zero-order valence-corrected chi connectivity index (χ0v) is 15.8. The van der Waals surface area contributed by atoms with Crippen LogP contribution in [0, 0.1) is 0 Å². The minimum atomic E-state index is -1.04. The molecule has 0 amide bonds. The summed E-state index contributed by atoms with van der Waals surface area (Å²) < 4.78 is 5.76. The van der Waals surface area contributed by atoms with Gasteiger partial charge in [-0.15, -0.1) is 0 Å². The van der Waals surface area contributed by atoms with E-state index in [9.17, 15) is 24.6 Å². The number of phenolic OH excluding ortho intramolecular Hbond substituents is 1. The number of aromatic carboxylic acids is 1. The standard InChI is InChI=1S/C20H12O5.C3H6O/c21-11-5-7-15-17(9-11)25-18-10-12(22)6-8-16(18)19(15)13-3-1-2-4-14(13)20(23)24;1-3(2)4/h1-10,21H,(H,23,24);1-2H3. The Kier molecular flexibility index (Phi) is 5.45. The molecule has 29 heavy (non-hydrogen) atoms. The van der Waals surface area contributed by atoms with Crippen LogP contribution in [0.15, 0.2) is 69.9 Å². The molecule has 2 aromatic rings. The Hall–Kier alpha value is -3.93. The van der Waals surface area contributed by atoms with Gasteiger partial charge in [-0.3, -0.25) is 4.79 Å². The summed E-state index contributed by atoms with van der Waals surface area (Å²) >= 11 is 0. The summed E-state index contributed by atoms with van der Waals surface area (Å²) in [5, 5.41) is 19.9. The van der Waals surface area contributed by atoms with Crippen LogP contribution in [0.4, 0.5) is 0 Å². The van der Waals surface area contributed by atoms with Crippen molar-refractivity contribution in [3.05, 3.63) is 76.5 Å². The molecule has 2 N–H and O–H groups in total. The highest BCUT2D eigenvalue weighted by molar-refractivity contribution is 6.07. The first kappa shape index (κ1) is 19.8. The van der Waals surface area contributed by atoms with Gasteiger partial charge in [0.25, 0.3) is 0 Å². The third-order valence-electron chi connectivity index (χ3n) is 4.10. The Balaban J connectivity index is 0.000000552. The molecular formula is C23H18O6. The molecule has 146 valence electrons. The molecule has 0 aromatic heterocycles. The number of carboxylic acids is 1. The molecule has 0 saturated carbocycles. The Morgan fingerprint density at radius 3 is 2.28 bits per heavy atom. The molecule has 1 aliphatic carbocycles. The van der Waals surface area contributed by atoms with Crippen LogP contribution in [-0.4, -0.2) is 22.0 Å². The van der Waals surface area contributed by atoms with E-state index < -0.39 is 5.97 Å². The zero-order chi connectivity index (χ0) is 21.1. The lowest BCUT2D eigenvalue weighted by molar-refractivity contribution is -0.115. The van der Waals surface area contributed by atoms with Crippen LogP contribution < -0.4 is 5.43 Å². The van der Waals surface area contributed by atoms with Gasteiger partial charge in [0.2, 0.25) is 0 Å². The summed E-state index contributed by atoms with van der Waals surface area (Å²) in [6.45, 7) is 3.06. The first-order valence-corrected chi connectivity index (χ1v) is 8.77. The van der Waals surface area contributed by atoms with E-state index in [0.717, 1.165) is 0 Å². The lowest BCUT2D eigenvalue weighted by Crippen LogP contribution is -2.03. The molecule has 0 radical (unpaired) electrons. The van der Waals surface area contributed by atoms with E-state index >= 15 is 0 Å². The van der Waals surface area contributed by atoms with Crippen molar-refractivity contribution in [2.45, 2.75) is 13.8 Å². The molecule has 2 aromatic carbocycles. The highest BCUT2D eigenvalue weighted by atomic mass is 16.4. The van der Waals surface area contributed by atoms with E-state index in [1.54, 1.807) is 30.3 Å². The predicted molar refractivity (Wildman–Crippen MR) is 110 cm³/mol. The van der Waals surface area contributed by atoms with Crippen molar-refractivity contribution in [1.29, 1.82) is 0 Å². The number of benzene rings is 3. The molecule has 0 bridgehead atoms. The monoisotopic (exact) mass is 390 g/mol. The second-order valence-electron chi connectivity index (χ2n) is 6.57.